The number of hydrogen-bond donors (Lipinski definition) is 0. The third-order valence-electron chi connectivity index (χ3n) is 1.35. The molecule has 0 aliphatic rings. The minimum atomic E-state index is 0.273. The molecule has 1 unspecified atom stereocenters. The molecule has 0 spiro atoms. The molecule has 10 heavy (non-hydrogen) atoms. The fraction of sp³-hybridized carbons (Fsp3) is 0.875. The topological polar surface area (TPSA) is 17.1 Å². The van der Waals surface area contributed by atoms with Gasteiger partial charge in [0.05, 0.1) is 0 Å². The lowest BCUT2D eigenvalue weighted by Crippen LogP contribution is -2.08. The first-order valence-corrected chi connectivity index (χ1v) is 5.04. The van der Waals surface area contributed by atoms with Crippen LogP contribution in [0.2, 0.25) is 0 Å². The monoisotopic (exact) mass is 160 g/mol. The molecule has 0 N–H and O–H groups in total. The second-order valence-corrected chi connectivity index (χ2v) is 3.89. The Labute approximate surface area is 67.6 Å². The van der Waals surface area contributed by atoms with Crippen molar-refractivity contribution in [1.82, 2.24) is 0 Å². The number of carbonyl (C=O) groups excluding carboxylic acids is 1. The van der Waals surface area contributed by atoms with Crippen molar-refractivity contribution in [3.05, 3.63) is 0 Å². The molecule has 0 aliphatic carbocycles. The first kappa shape index (κ1) is 10.0. The molecule has 0 amide bonds. The Balaban J connectivity index is 3.49. The summed E-state index contributed by atoms with van der Waals surface area (Å²) in [4.78, 5) is 10.4. The van der Waals surface area contributed by atoms with E-state index < -0.39 is 0 Å². The second-order valence-electron chi connectivity index (χ2n) is 2.98. The van der Waals surface area contributed by atoms with Gasteiger partial charge in [0, 0.05) is 11.7 Å². The normalized spacial score (nSPS) is 13.6. The summed E-state index contributed by atoms with van der Waals surface area (Å²) >= 11 is 1.75. The summed E-state index contributed by atoms with van der Waals surface area (Å²) in [6.45, 7) is 4.30. The van der Waals surface area contributed by atoms with Gasteiger partial charge in [0.1, 0.15) is 6.29 Å². The van der Waals surface area contributed by atoms with E-state index in [-0.39, 0.29) is 5.92 Å². The largest absolute Gasteiger partial charge is 0.303 e. The molecule has 0 saturated carbocycles. The van der Waals surface area contributed by atoms with Crippen LogP contribution in [0.4, 0.5) is 0 Å². The van der Waals surface area contributed by atoms with Crippen LogP contribution in [0.15, 0.2) is 0 Å². The van der Waals surface area contributed by atoms with Gasteiger partial charge in [-0.25, -0.2) is 0 Å². The van der Waals surface area contributed by atoms with E-state index in [1.54, 1.807) is 11.8 Å². The highest BCUT2D eigenvalue weighted by atomic mass is 32.2. The van der Waals surface area contributed by atoms with Crippen LogP contribution in [0.25, 0.3) is 0 Å². The molecule has 1 atom stereocenters. The maximum atomic E-state index is 10.4. The molecule has 0 heterocycles. The van der Waals surface area contributed by atoms with Gasteiger partial charge in [-0.3, -0.25) is 0 Å². The zero-order valence-electron chi connectivity index (χ0n) is 6.96. The summed E-state index contributed by atoms with van der Waals surface area (Å²) in [5, 5.41) is 0. The third-order valence-corrected chi connectivity index (χ3v) is 2.11. The maximum absolute atomic E-state index is 10.4. The number of hydrogen-bond acceptors (Lipinski definition) is 2. The van der Waals surface area contributed by atoms with Crippen molar-refractivity contribution < 1.29 is 4.79 Å². The van der Waals surface area contributed by atoms with Gasteiger partial charge in [-0.2, -0.15) is 11.8 Å². The van der Waals surface area contributed by atoms with Crippen molar-refractivity contribution in [1.29, 1.82) is 0 Å². The van der Waals surface area contributed by atoms with Gasteiger partial charge in [0.25, 0.3) is 0 Å². The Morgan fingerprint density at radius 2 is 2.10 bits per heavy atom. The van der Waals surface area contributed by atoms with E-state index in [1.807, 2.05) is 6.26 Å². The molecule has 2 heteroatoms. The van der Waals surface area contributed by atoms with Crippen LogP contribution in [-0.4, -0.2) is 18.3 Å². The zero-order chi connectivity index (χ0) is 7.98. The highest BCUT2D eigenvalue weighted by Crippen LogP contribution is 2.13. The van der Waals surface area contributed by atoms with Gasteiger partial charge in [-0.05, 0) is 18.6 Å². The Bertz CT molecular complexity index is 91.3. The van der Waals surface area contributed by atoms with Crippen molar-refractivity contribution in [3.63, 3.8) is 0 Å². The molecule has 0 radical (unpaired) electrons. The summed E-state index contributed by atoms with van der Waals surface area (Å²) < 4.78 is 0. The van der Waals surface area contributed by atoms with Gasteiger partial charge >= 0.3 is 0 Å². The Morgan fingerprint density at radius 3 is 2.40 bits per heavy atom. The number of aldehydes is 1. The molecule has 0 fully saturated rings. The van der Waals surface area contributed by atoms with Crippen LogP contribution in [0.1, 0.15) is 20.3 Å². The van der Waals surface area contributed by atoms with E-state index >= 15 is 0 Å². The maximum Gasteiger partial charge on any atom is 0.123 e. The molecule has 60 valence electrons. The lowest BCUT2D eigenvalue weighted by atomic mass is 10.0. The standard InChI is InChI=1S/C8H16OS/c1-7(2)4-8(5-9)6-10-3/h5,7-8H,4,6H2,1-3H3. The van der Waals surface area contributed by atoms with Crippen LogP contribution >= 0.6 is 11.8 Å². The van der Waals surface area contributed by atoms with Gasteiger partial charge in [0.15, 0.2) is 0 Å². The molecule has 1 nitrogen and oxygen atoms in total. The fourth-order valence-corrected chi connectivity index (χ4v) is 1.63. The average Bonchev–Trinajstić information content (AvgIpc) is 1.86. The molecular formula is C8H16OS. The summed E-state index contributed by atoms with van der Waals surface area (Å²) in [5.74, 6) is 1.89. The lowest BCUT2D eigenvalue weighted by Gasteiger charge is -2.09. The minimum absolute atomic E-state index is 0.273. The molecule has 0 saturated heterocycles. The third kappa shape index (κ3) is 4.86. The van der Waals surface area contributed by atoms with Gasteiger partial charge in [-0.15, -0.1) is 0 Å². The predicted molar refractivity (Wildman–Crippen MR) is 47.4 cm³/mol. The smallest absolute Gasteiger partial charge is 0.123 e. The van der Waals surface area contributed by atoms with Crippen molar-refractivity contribution in [2.45, 2.75) is 20.3 Å². The van der Waals surface area contributed by atoms with Crippen molar-refractivity contribution in [2.75, 3.05) is 12.0 Å². The average molecular weight is 160 g/mol. The first-order valence-electron chi connectivity index (χ1n) is 3.65. The second kappa shape index (κ2) is 5.78. The van der Waals surface area contributed by atoms with Crippen LogP contribution in [0, 0.1) is 11.8 Å². The predicted octanol–water partition coefficient (Wildman–Crippen LogP) is 2.21. The lowest BCUT2D eigenvalue weighted by molar-refractivity contribution is -0.110. The number of carbonyl (C=O) groups is 1. The zero-order valence-corrected chi connectivity index (χ0v) is 7.78. The van der Waals surface area contributed by atoms with Crippen LogP contribution < -0.4 is 0 Å². The van der Waals surface area contributed by atoms with E-state index in [0.717, 1.165) is 18.5 Å². The minimum Gasteiger partial charge on any atom is -0.303 e. The van der Waals surface area contributed by atoms with Crippen LogP contribution in [0.3, 0.4) is 0 Å². The van der Waals surface area contributed by atoms with Crippen molar-refractivity contribution in [3.8, 4) is 0 Å². The molecule has 0 rings (SSSR count). The van der Waals surface area contributed by atoms with E-state index in [0.29, 0.717) is 5.92 Å². The van der Waals surface area contributed by atoms with E-state index in [4.69, 9.17) is 0 Å². The Kier molecular flexibility index (Phi) is 5.79. The first-order chi connectivity index (χ1) is 4.70. The fourth-order valence-electron chi connectivity index (χ4n) is 0.982. The highest BCUT2D eigenvalue weighted by Gasteiger charge is 2.07. The molecular weight excluding hydrogens is 144 g/mol. The SMILES string of the molecule is CSCC(C=O)CC(C)C. The summed E-state index contributed by atoms with van der Waals surface area (Å²) in [6, 6.07) is 0. The number of thioether (sulfide) groups is 1. The molecule has 0 aromatic carbocycles. The van der Waals surface area contributed by atoms with E-state index in [2.05, 4.69) is 13.8 Å². The Morgan fingerprint density at radius 1 is 1.50 bits per heavy atom. The van der Waals surface area contributed by atoms with E-state index in [9.17, 15) is 4.79 Å². The molecule has 0 aromatic heterocycles. The Hall–Kier alpha value is 0.0200. The molecule has 0 aliphatic heterocycles. The van der Waals surface area contributed by atoms with Crippen molar-refractivity contribution in [2.24, 2.45) is 11.8 Å². The van der Waals surface area contributed by atoms with Crippen LogP contribution in [0.5, 0.6) is 0 Å². The highest BCUT2D eigenvalue weighted by molar-refractivity contribution is 7.98. The number of rotatable bonds is 5. The van der Waals surface area contributed by atoms with E-state index in [1.165, 1.54) is 0 Å². The van der Waals surface area contributed by atoms with Crippen LogP contribution in [-0.2, 0) is 4.79 Å². The van der Waals surface area contributed by atoms with Crippen molar-refractivity contribution >= 4 is 18.0 Å². The summed E-state index contributed by atoms with van der Waals surface area (Å²) in [7, 11) is 0. The summed E-state index contributed by atoms with van der Waals surface area (Å²) in [6.07, 6.45) is 4.15. The summed E-state index contributed by atoms with van der Waals surface area (Å²) in [5.41, 5.74) is 0. The quantitative estimate of drug-likeness (QED) is 0.574. The van der Waals surface area contributed by atoms with Gasteiger partial charge in [0.2, 0.25) is 0 Å². The van der Waals surface area contributed by atoms with Gasteiger partial charge in [-0.1, -0.05) is 13.8 Å². The van der Waals surface area contributed by atoms with Gasteiger partial charge < -0.3 is 4.79 Å². The molecule has 0 bridgehead atoms. The molecule has 0 aromatic rings.